The third-order valence-electron chi connectivity index (χ3n) is 4.92. The summed E-state index contributed by atoms with van der Waals surface area (Å²) in [5, 5.41) is 7.01. The highest BCUT2D eigenvalue weighted by Crippen LogP contribution is 2.33. The maximum absolute atomic E-state index is 12.9. The molecule has 2 aromatic heterocycles. The lowest BCUT2D eigenvalue weighted by Gasteiger charge is -2.25. The van der Waals surface area contributed by atoms with E-state index in [1.165, 1.54) is 12.8 Å². The fraction of sp³-hybridized carbons (Fsp3) is 0.500. The highest BCUT2D eigenvalue weighted by Gasteiger charge is 2.33. The maximum atomic E-state index is 12.9. The van der Waals surface area contributed by atoms with E-state index in [4.69, 9.17) is 4.52 Å². The van der Waals surface area contributed by atoms with E-state index in [0.29, 0.717) is 0 Å². The topological polar surface area (TPSA) is 74.5 Å². The van der Waals surface area contributed by atoms with Gasteiger partial charge in [-0.1, -0.05) is 5.16 Å². The Balaban J connectivity index is 1.52. The molecule has 1 N–H and O–H groups in total. The summed E-state index contributed by atoms with van der Waals surface area (Å²) in [5.41, 5.74) is 1.61. The Morgan fingerprint density at radius 3 is 2.88 bits per heavy atom. The Kier molecular flexibility index (Phi) is 4.29. The number of pyridine rings is 1. The van der Waals surface area contributed by atoms with Crippen molar-refractivity contribution in [3.05, 3.63) is 35.9 Å². The molecule has 0 aliphatic carbocycles. The molecule has 2 aromatic rings. The van der Waals surface area contributed by atoms with E-state index < -0.39 is 0 Å². The number of likely N-dealkylation sites (tertiary alicyclic amines) is 1. The van der Waals surface area contributed by atoms with E-state index >= 15 is 0 Å². The molecule has 7 nitrogen and oxygen atoms in total. The number of nitrogens with zero attached hydrogens (tertiary/aromatic N) is 4. The minimum Gasteiger partial charge on any atom is -0.359 e. The minimum absolute atomic E-state index is 0.0480. The number of hydrogen-bond donors (Lipinski definition) is 1. The van der Waals surface area contributed by atoms with E-state index in [1.54, 1.807) is 6.20 Å². The van der Waals surface area contributed by atoms with Gasteiger partial charge < -0.3 is 19.6 Å². The highest BCUT2D eigenvalue weighted by molar-refractivity contribution is 5.92. The first kappa shape index (κ1) is 15.9. The van der Waals surface area contributed by atoms with Crippen molar-refractivity contribution in [1.29, 1.82) is 0 Å². The van der Waals surface area contributed by atoms with Crippen molar-refractivity contribution in [1.82, 2.24) is 15.0 Å². The van der Waals surface area contributed by atoms with E-state index in [2.05, 4.69) is 20.4 Å². The second-order valence-electron chi connectivity index (χ2n) is 6.72. The molecular formula is C18H23N5O2. The fourth-order valence-corrected chi connectivity index (χ4v) is 3.71. The molecule has 1 unspecified atom stereocenters. The molecule has 2 aliphatic rings. The van der Waals surface area contributed by atoms with Crippen molar-refractivity contribution in [2.75, 3.05) is 29.9 Å². The molecule has 0 saturated carbocycles. The number of carbonyl (C=O) groups is 1. The molecule has 2 aliphatic heterocycles. The Bertz CT molecular complexity index is 753. The van der Waals surface area contributed by atoms with Crippen LogP contribution in [0.2, 0.25) is 0 Å². The number of aryl methyl sites for hydroxylation is 1. The molecule has 0 aromatic carbocycles. The zero-order chi connectivity index (χ0) is 17.2. The molecule has 0 spiro atoms. The molecule has 4 rings (SSSR count). The van der Waals surface area contributed by atoms with Crippen LogP contribution in [-0.4, -0.2) is 40.7 Å². The molecule has 2 saturated heterocycles. The Morgan fingerprint density at radius 1 is 1.28 bits per heavy atom. The average molecular weight is 341 g/mol. The lowest BCUT2D eigenvalue weighted by atomic mass is 10.1. The molecule has 2 fully saturated rings. The number of rotatable bonds is 3. The Hall–Kier alpha value is -2.57. The van der Waals surface area contributed by atoms with E-state index in [1.807, 2.05) is 30.0 Å². The lowest BCUT2D eigenvalue weighted by molar-refractivity contribution is 0.195. The van der Waals surface area contributed by atoms with Crippen LogP contribution in [-0.2, 0) is 0 Å². The van der Waals surface area contributed by atoms with Crippen LogP contribution in [0.15, 0.2) is 28.9 Å². The van der Waals surface area contributed by atoms with Crippen molar-refractivity contribution in [3.63, 3.8) is 0 Å². The second kappa shape index (κ2) is 6.74. The zero-order valence-electron chi connectivity index (χ0n) is 14.4. The summed E-state index contributed by atoms with van der Waals surface area (Å²) < 4.78 is 5.39. The van der Waals surface area contributed by atoms with Gasteiger partial charge in [-0.3, -0.25) is 0 Å². The van der Waals surface area contributed by atoms with Gasteiger partial charge in [0.1, 0.15) is 0 Å². The van der Waals surface area contributed by atoms with Gasteiger partial charge >= 0.3 is 6.03 Å². The zero-order valence-corrected chi connectivity index (χ0v) is 14.4. The van der Waals surface area contributed by atoms with Gasteiger partial charge in [-0.25, -0.2) is 9.78 Å². The smallest absolute Gasteiger partial charge is 0.322 e. The van der Waals surface area contributed by atoms with Crippen LogP contribution in [0.25, 0.3) is 0 Å². The summed E-state index contributed by atoms with van der Waals surface area (Å²) in [5.74, 6) is 1.62. The summed E-state index contributed by atoms with van der Waals surface area (Å²) >= 11 is 0. The molecule has 132 valence electrons. The standard InChI is InChI=1S/C18H23N5O2/c1-13-12-16(25-21-13)15-7-5-11-23(15)18(24)20-14-6-4-8-19-17(14)22-9-2-3-10-22/h4,6,8,12,15H,2-3,5,7,9-11H2,1H3,(H,20,24). The van der Waals surface area contributed by atoms with Crippen molar-refractivity contribution in [2.45, 2.75) is 38.6 Å². The molecule has 7 heteroatoms. The lowest BCUT2D eigenvalue weighted by Crippen LogP contribution is -2.35. The normalized spacial score (nSPS) is 20.3. The van der Waals surface area contributed by atoms with Crippen LogP contribution in [0.3, 0.4) is 0 Å². The maximum Gasteiger partial charge on any atom is 0.322 e. The first-order valence-electron chi connectivity index (χ1n) is 8.93. The van der Waals surface area contributed by atoms with Gasteiger partial charge in [-0.15, -0.1) is 0 Å². The van der Waals surface area contributed by atoms with Crippen LogP contribution < -0.4 is 10.2 Å². The van der Waals surface area contributed by atoms with Gasteiger partial charge in [-0.05, 0) is 44.7 Å². The highest BCUT2D eigenvalue weighted by atomic mass is 16.5. The SMILES string of the molecule is Cc1cc(C2CCCN2C(=O)Nc2cccnc2N2CCCC2)on1. The largest absolute Gasteiger partial charge is 0.359 e. The van der Waals surface area contributed by atoms with E-state index in [9.17, 15) is 4.79 Å². The van der Waals surface area contributed by atoms with E-state index in [-0.39, 0.29) is 12.1 Å². The first-order chi connectivity index (χ1) is 12.2. The van der Waals surface area contributed by atoms with Gasteiger partial charge in [0.25, 0.3) is 0 Å². The third-order valence-corrected chi connectivity index (χ3v) is 4.92. The van der Waals surface area contributed by atoms with E-state index in [0.717, 1.165) is 55.4 Å². The summed E-state index contributed by atoms with van der Waals surface area (Å²) in [7, 11) is 0. The van der Waals surface area contributed by atoms with Crippen LogP contribution in [0, 0.1) is 6.92 Å². The number of urea groups is 1. The predicted octanol–water partition coefficient (Wildman–Crippen LogP) is 3.35. The number of nitrogens with one attached hydrogen (secondary N) is 1. The second-order valence-corrected chi connectivity index (χ2v) is 6.72. The Morgan fingerprint density at radius 2 is 2.12 bits per heavy atom. The van der Waals surface area contributed by atoms with Gasteiger partial charge in [-0.2, -0.15) is 0 Å². The Labute approximate surface area is 147 Å². The van der Waals surface area contributed by atoms with Gasteiger partial charge in [0, 0.05) is 31.9 Å². The summed E-state index contributed by atoms with van der Waals surface area (Å²) in [6, 6.07) is 5.53. The third kappa shape index (κ3) is 3.18. The minimum atomic E-state index is -0.106. The molecule has 4 heterocycles. The van der Waals surface area contributed by atoms with Crippen LogP contribution in [0.5, 0.6) is 0 Å². The fourth-order valence-electron chi connectivity index (χ4n) is 3.71. The number of amides is 2. The monoisotopic (exact) mass is 341 g/mol. The summed E-state index contributed by atoms with van der Waals surface area (Å²) in [6.07, 6.45) is 5.98. The number of anilines is 2. The average Bonchev–Trinajstić information content (AvgIpc) is 3.36. The molecule has 0 radical (unpaired) electrons. The first-order valence-corrected chi connectivity index (χ1v) is 8.93. The number of hydrogen-bond acceptors (Lipinski definition) is 5. The number of carbonyl (C=O) groups excluding carboxylic acids is 1. The van der Waals surface area contributed by atoms with Crippen molar-refractivity contribution in [2.24, 2.45) is 0 Å². The van der Waals surface area contributed by atoms with Gasteiger partial charge in [0.15, 0.2) is 11.6 Å². The molecular weight excluding hydrogens is 318 g/mol. The summed E-state index contributed by atoms with van der Waals surface area (Å²) in [4.78, 5) is 21.4. The van der Waals surface area contributed by atoms with Crippen molar-refractivity contribution in [3.8, 4) is 0 Å². The van der Waals surface area contributed by atoms with Crippen LogP contribution >= 0.6 is 0 Å². The van der Waals surface area contributed by atoms with Crippen molar-refractivity contribution < 1.29 is 9.32 Å². The number of aromatic nitrogens is 2. The van der Waals surface area contributed by atoms with Crippen LogP contribution in [0.1, 0.15) is 43.2 Å². The summed E-state index contributed by atoms with van der Waals surface area (Å²) in [6.45, 7) is 4.59. The molecule has 25 heavy (non-hydrogen) atoms. The molecule has 1 atom stereocenters. The van der Waals surface area contributed by atoms with Gasteiger partial charge in [0.05, 0.1) is 17.4 Å². The predicted molar refractivity (Wildman–Crippen MR) is 94.6 cm³/mol. The van der Waals surface area contributed by atoms with Crippen molar-refractivity contribution >= 4 is 17.5 Å². The van der Waals surface area contributed by atoms with Gasteiger partial charge in [0.2, 0.25) is 0 Å². The molecule has 2 amide bonds. The van der Waals surface area contributed by atoms with Crippen LogP contribution in [0.4, 0.5) is 16.3 Å². The molecule has 0 bridgehead atoms. The quantitative estimate of drug-likeness (QED) is 0.927.